The molecule has 0 spiro atoms. The minimum atomic E-state index is -0.793. The lowest BCUT2D eigenvalue weighted by Gasteiger charge is -2.16. The third kappa shape index (κ3) is 3.74. The first-order valence-electron chi connectivity index (χ1n) is 8.45. The van der Waals surface area contributed by atoms with Gasteiger partial charge in [0.25, 0.3) is 0 Å². The van der Waals surface area contributed by atoms with E-state index in [1.807, 2.05) is 36.4 Å². The molecule has 3 N–H and O–H groups in total. The fraction of sp³-hybridized carbons (Fsp3) is 0.250. The molecule has 2 aromatic rings. The topological polar surface area (TPSA) is 98.5 Å². The maximum atomic E-state index is 12.0. The zero-order chi connectivity index (χ0) is 18.5. The van der Waals surface area contributed by atoms with Crippen molar-refractivity contribution in [2.75, 3.05) is 6.61 Å². The number of nitrogens with one attached hydrogen (secondary N) is 1. The average molecular weight is 352 g/mol. The number of nitrogens with two attached hydrogens (primary N) is 1. The average Bonchev–Trinajstić information content (AvgIpc) is 2.97. The first-order chi connectivity index (χ1) is 12.6. The van der Waals surface area contributed by atoms with E-state index in [-0.39, 0.29) is 25.4 Å². The largest absolute Gasteiger partial charge is 0.449 e. The molecule has 1 aliphatic carbocycles. The first kappa shape index (κ1) is 17.7. The van der Waals surface area contributed by atoms with Gasteiger partial charge in [-0.3, -0.25) is 4.79 Å². The van der Waals surface area contributed by atoms with Crippen LogP contribution in [-0.2, 0) is 14.3 Å². The van der Waals surface area contributed by atoms with Crippen LogP contribution in [-0.4, -0.2) is 30.9 Å². The smallest absolute Gasteiger partial charge is 0.407 e. The number of aldehydes is 1. The fourth-order valence-electron chi connectivity index (χ4n) is 3.26. The molecule has 3 rings (SSSR count). The summed E-state index contributed by atoms with van der Waals surface area (Å²) in [6.45, 7) is 0.168. The second-order valence-corrected chi connectivity index (χ2v) is 6.22. The van der Waals surface area contributed by atoms with Crippen molar-refractivity contribution in [1.82, 2.24) is 5.32 Å². The van der Waals surface area contributed by atoms with Crippen molar-refractivity contribution in [2.45, 2.75) is 24.8 Å². The van der Waals surface area contributed by atoms with Crippen LogP contribution in [0, 0.1) is 0 Å². The van der Waals surface area contributed by atoms with Crippen molar-refractivity contribution in [3.63, 3.8) is 0 Å². The molecule has 0 saturated carbocycles. The molecule has 1 unspecified atom stereocenters. The molecule has 0 aliphatic heterocycles. The minimum absolute atomic E-state index is 0.0209. The highest BCUT2D eigenvalue weighted by molar-refractivity contribution is 5.79. The van der Waals surface area contributed by atoms with Crippen molar-refractivity contribution in [2.24, 2.45) is 5.73 Å². The van der Waals surface area contributed by atoms with Gasteiger partial charge in [-0.2, -0.15) is 0 Å². The van der Waals surface area contributed by atoms with E-state index >= 15 is 0 Å². The Bertz CT molecular complexity index is 789. The minimum Gasteiger partial charge on any atom is -0.449 e. The van der Waals surface area contributed by atoms with Gasteiger partial charge in [-0.25, -0.2) is 4.79 Å². The summed E-state index contributed by atoms with van der Waals surface area (Å²) in [6.07, 6.45) is 0.0638. The van der Waals surface area contributed by atoms with Crippen molar-refractivity contribution in [3.8, 4) is 11.1 Å². The highest BCUT2D eigenvalue weighted by Gasteiger charge is 2.29. The summed E-state index contributed by atoms with van der Waals surface area (Å²) in [7, 11) is 0. The predicted octanol–water partition coefficient (Wildman–Crippen LogP) is 2.36. The standard InChI is InChI=1S/C20H20N2O4/c21-19(24)10-9-13(11-23)22-20(25)26-12-18-16-7-3-1-5-14(16)15-6-2-4-8-17(15)18/h1-8,11,13,18H,9-10,12H2,(H2,21,24)(H,22,25). The van der Waals surface area contributed by atoms with Gasteiger partial charge in [0.2, 0.25) is 5.91 Å². The molecule has 1 atom stereocenters. The van der Waals surface area contributed by atoms with Gasteiger partial charge < -0.3 is 20.6 Å². The van der Waals surface area contributed by atoms with Gasteiger partial charge in [-0.15, -0.1) is 0 Å². The summed E-state index contributed by atoms with van der Waals surface area (Å²) < 4.78 is 5.35. The van der Waals surface area contributed by atoms with Crippen LogP contribution >= 0.6 is 0 Å². The van der Waals surface area contributed by atoms with Crippen LogP contribution in [0.2, 0.25) is 0 Å². The Morgan fingerprint density at radius 1 is 1.08 bits per heavy atom. The Hall–Kier alpha value is -3.15. The second-order valence-electron chi connectivity index (χ2n) is 6.22. The molecule has 0 bridgehead atoms. The molecule has 26 heavy (non-hydrogen) atoms. The number of amides is 2. The molecule has 2 aromatic carbocycles. The van der Waals surface area contributed by atoms with Gasteiger partial charge in [0.05, 0.1) is 6.04 Å². The molecule has 2 amide bonds. The number of benzene rings is 2. The Morgan fingerprint density at radius 3 is 2.19 bits per heavy atom. The molecule has 6 nitrogen and oxygen atoms in total. The molecule has 134 valence electrons. The van der Waals surface area contributed by atoms with E-state index in [2.05, 4.69) is 17.4 Å². The number of rotatable bonds is 7. The summed E-state index contributed by atoms with van der Waals surface area (Å²) >= 11 is 0. The van der Waals surface area contributed by atoms with Gasteiger partial charge in [-0.1, -0.05) is 48.5 Å². The normalized spacial score (nSPS) is 13.4. The van der Waals surface area contributed by atoms with Crippen molar-refractivity contribution in [3.05, 3.63) is 59.7 Å². The molecule has 0 fully saturated rings. The lowest BCUT2D eigenvalue weighted by Crippen LogP contribution is -2.37. The van der Waals surface area contributed by atoms with E-state index in [1.54, 1.807) is 0 Å². The molecule has 0 aromatic heterocycles. The molecule has 0 saturated heterocycles. The van der Waals surface area contributed by atoms with Gasteiger partial charge in [0, 0.05) is 12.3 Å². The summed E-state index contributed by atoms with van der Waals surface area (Å²) in [4.78, 5) is 33.8. The lowest BCUT2D eigenvalue weighted by molar-refractivity contribution is -0.118. The zero-order valence-electron chi connectivity index (χ0n) is 14.2. The number of ether oxygens (including phenoxy) is 1. The molecule has 6 heteroatoms. The van der Waals surface area contributed by atoms with Crippen molar-refractivity contribution < 1.29 is 19.1 Å². The Balaban J connectivity index is 1.65. The quantitative estimate of drug-likeness (QED) is 0.747. The van der Waals surface area contributed by atoms with E-state index in [0.29, 0.717) is 6.29 Å². The number of hydrogen-bond acceptors (Lipinski definition) is 4. The third-order valence-electron chi connectivity index (χ3n) is 4.51. The fourth-order valence-corrected chi connectivity index (χ4v) is 3.26. The molecule has 0 radical (unpaired) electrons. The predicted molar refractivity (Wildman–Crippen MR) is 96.5 cm³/mol. The van der Waals surface area contributed by atoms with Crippen LogP contribution in [0.5, 0.6) is 0 Å². The van der Waals surface area contributed by atoms with Gasteiger partial charge in [0.1, 0.15) is 12.9 Å². The maximum Gasteiger partial charge on any atom is 0.407 e. The van der Waals surface area contributed by atoms with Crippen LogP contribution in [0.25, 0.3) is 11.1 Å². The van der Waals surface area contributed by atoms with Crippen LogP contribution < -0.4 is 11.1 Å². The monoisotopic (exact) mass is 352 g/mol. The summed E-state index contributed by atoms with van der Waals surface area (Å²) in [5.74, 6) is -0.570. The Kier molecular flexibility index (Phi) is 5.31. The molecular formula is C20H20N2O4. The third-order valence-corrected chi connectivity index (χ3v) is 4.51. The number of primary amides is 1. The van der Waals surface area contributed by atoms with Crippen LogP contribution in [0.15, 0.2) is 48.5 Å². The highest BCUT2D eigenvalue weighted by atomic mass is 16.5. The van der Waals surface area contributed by atoms with Gasteiger partial charge in [-0.05, 0) is 28.7 Å². The van der Waals surface area contributed by atoms with E-state index in [0.717, 1.165) is 22.3 Å². The SMILES string of the molecule is NC(=O)CCC(C=O)NC(=O)OCC1c2ccccc2-c2ccccc21. The second kappa shape index (κ2) is 7.82. The van der Waals surface area contributed by atoms with Gasteiger partial charge in [0.15, 0.2) is 0 Å². The van der Waals surface area contributed by atoms with Crippen molar-refractivity contribution >= 4 is 18.3 Å². The van der Waals surface area contributed by atoms with E-state index in [1.165, 1.54) is 0 Å². The number of alkyl carbamates (subject to hydrolysis) is 1. The van der Waals surface area contributed by atoms with Crippen LogP contribution in [0.3, 0.4) is 0 Å². The highest BCUT2D eigenvalue weighted by Crippen LogP contribution is 2.44. The van der Waals surface area contributed by atoms with E-state index in [9.17, 15) is 14.4 Å². The summed E-state index contributed by atoms with van der Waals surface area (Å²) in [5.41, 5.74) is 9.57. The number of hydrogen-bond donors (Lipinski definition) is 2. The zero-order valence-corrected chi connectivity index (χ0v) is 14.2. The first-order valence-corrected chi connectivity index (χ1v) is 8.45. The Labute approximate surface area is 151 Å². The molecule has 1 aliphatic rings. The summed E-state index contributed by atoms with van der Waals surface area (Å²) in [6, 6.07) is 15.3. The van der Waals surface area contributed by atoms with Crippen LogP contribution in [0.4, 0.5) is 4.79 Å². The maximum absolute atomic E-state index is 12.0. The van der Waals surface area contributed by atoms with E-state index in [4.69, 9.17) is 10.5 Å². The Morgan fingerprint density at radius 2 is 1.65 bits per heavy atom. The number of fused-ring (bicyclic) bond motifs is 3. The van der Waals surface area contributed by atoms with Crippen molar-refractivity contribution in [1.29, 1.82) is 0 Å². The molecular weight excluding hydrogens is 332 g/mol. The number of carbonyl (C=O) groups excluding carboxylic acids is 3. The van der Waals surface area contributed by atoms with Crippen LogP contribution in [0.1, 0.15) is 29.9 Å². The number of carbonyl (C=O) groups is 3. The lowest BCUT2D eigenvalue weighted by atomic mass is 9.98. The van der Waals surface area contributed by atoms with E-state index < -0.39 is 18.0 Å². The molecule has 0 heterocycles. The van der Waals surface area contributed by atoms with Gasteiger partial charge >= 0.3 is 6.09 Å². The summed E-state index contributed by atoms with van der Waals surface area (Å²) in [5, 5.41) is 2.46.